The predicted octanol–water partition coefficient (Wildman–Crippen LogP) is 2.46. The molecule has 1 N–H and O–H groups in total. The molecular formula is C22H33N3O4. The van der Waals surface area contributed by atoms with E-state index in [-0.39, 0.29) is 35.3 Å². The zero-order valence-corrected chi connectivity index (χ0v) is 17.5. The first kappa shape index (κ1) is 20.2. The zero-order chi connectivity index (χ0) is 20.4. The normalized spacial score (nSPS) is 26.2. The first-order valence-electron chi connectivity index (χ1n) is 11.2. The van der Waals surface area contributed by atoms with E-state index in [1.54, 1.807) is 4.90 Å². The second-order valence-electron chi connectivity index (χ2n) is 9.00. The summed E-state index contributed by atoms with van der Waals surface area (Å²) < 4.78 is 5.05. The van der Waals surface area contributed by atoms with Crippen molar-refractivity contribution >= 4 is 17.9 Å². The summed E-state index contributed by atoms with van der Waals surface area (Å²) in [5.74, 6) is 0.471. The van der Waals surface area contributed by atoms with Gasteiger partial charge in [0.1, 0.15) is 0 Å². The highest BCUT2D eigenvalue weighted by Gasteiger charge is 2.59. The van der Waals surface area contributed by atoms with E-state index >= 15 is 0 Å². The minimum Gasteiger partial charge on any atom is -0.450 e. The van der Waals surface area contributed by atoms with Gasteiger partial charge in [0.25, 0.3) is 0 Å². The third-order valence-electron chi connectivity index (χ3n) is 7.24. The maximum Gasteiger partial charge on any atom is 0.409 e. The van der Waals surface area contributed by atoms with Crippen LogP contribution in [0.25, 0.3) is 0 Å². The second-order valence-corrected chi connectivity index (χ2v) is 9.00. The molecule has 2 aliphatic heterocycles. The van der Waals surface area contributed by atoms with E-state index in [0.29, 0.717) is 19.7 Å². The third kappa shape index (κ3) is 4.28. The van der Waals surface area contributed by atoms with Crippen LogP contribution >= 0.6 is 0 Å². The molecule has 0 unspecified atom stereocenters. The molecule has 29 heavy (non-hydrogen) atoms. The fraction of sp³-hybridized carbons (Fsp3) is 0.773. The maximum atomic E-state index is 12.8. The summed E-state index contributed by atoms with van der Waals surface area (Å²) in [5.41, 5.74) is 1.09. The number of allylic oxidation sites excluding steroid dienone is 1. The van der Waals surface area contributed by atoms with Crippen molar-refractivity contribution in [2.24, 2.45) is 11.3 Å². The Hall–Kier alpha value is -2.05. The second kappa shape index (κ2) is 8.36. The summed E-state index contributed by atoms with van der Waals surface area (Å²) in [4.78, 5) is 40.8. The number of rotatable bonds is 4. The Bertz CT molecular complexity index is 688. The van der Waals surface area contributed by atoms with Crippen molar-refractivity contribution in [3.63, 3.8) is 0 Å². The largest absolute Gasteiger partial charge is 0.450 e. The lowest BCUT2D eigenvalue weighted by Gasteiger charge is -2.34. The Labute approximate surface area is 172 Å². The zero-order valence-electron chi connectivity index (χ0n) is 17.5. The van der Waals surface area contributed by atoms with Crippen LogP contribution in [-0.4, -0.2) is 66.5 Å². The summed E-state index contributed by atoms with van der Waals surface area (Å²) in [6.45, 7) is 5.01. The third-order valence-corrected chi connectivity index (χ3v) is 7.24. The molecule has 1 atom stereocenters. The van der Waals surface area contributed by atoms with Crippen molar-refractivity contribution in [2.75, 3.05) is 32.8 Å². The van der Waals surface area contributed by atoms with Crippen LogP contribution in [0.2, 0.25) is 0 Å². The quantitative estimate of drug-likeness (QED) is 0.782. The summed E-state index contributed by atoms with van der Waals surface area (Å²) in [6, 6.07) is 0.141. The van der Waals surface area contributed by atoms with Crippen LogP contribution in [0.1, 0.15) is 58.3 Å². The van der Waals surface area contributed by atoms with Gasteiger partial charge < -0.3 is 19.9 Å². The van der Waals surface area contributed by atoms with Crippen LogP contribution in [0.3, 0.4) is 0 Å². The summed E-state index contributed by atoms with van der Waals surface area (Å²) in [7, 11) is 0. The van der Waals surface area contributed by atoms with Crippen LogP contribution in [0.4, 0.5) is 4.79 Å². The van der Waals surface area contributed by atoms with Crippen molar-refractivity contribution in [2.45, 2.75) is 64.3 Å². The molecule has 1 saturated carbocycles. The topological polar surface area (TPSA) is 79.0 Å². The van der Waals surface area contributed by atoms with Gasteiger partial charge in [0.2, 0.25) is 11.8 Å². The highest BCUT2D eigenvalue weighted by atomic mass is 16.6. The molecule has 0 aromatic carbocycles. The van der Waals surface area contributed by atoms with Gasteiger partial charge >= 0.3 is 6.09 Å². The molecule has 0 radical (unpaired) electrons. The molecule has 2 aliphatic carbocycles. The van der Waals surface area contributed by atoms with Gasteiger partial charge in [-0.25, -0.2) is 4.79 Å². The molecule has 7 heteroatoms. The number of piperidine rings is 2. The van der Waals surface area contributed by atoms with Crippen LogP contribution in [0.15, 0.2) is 11.6 Å². The lowest BCUT2D eigenvalue weighted by Crippen LogP contribution is -2.47. The van der Waals surface area contributed by atoms with Crippen LogP contribution in [-0.2, 0) is 14.3 Å². The van der Waals surface area contributed by atoms with Gasteiger partial charge in [0.05, 0.1) is 6.61 Å². The number of hydrogen-bond acceptors (Lipinski definition) is 4. The number of carbonyl (C=O) groups is 3. The van der Waals surface area contributed by atoms with Gasteiger partial charge in [0, 0.05) is 43.7 Å². The number of amides is 3. The first-order valence-corrected chi connectivity index (χ1v) is 11.2. The average molecular weight is 404 g/mol. The molecule has 2 saturated heterocycles. The van der Waals surface area contributed by atoms with E-state index in [2.05, 4.69) is 11.4 Å². The number of hydrogen-bond donors (Lipinski definition) is 1. The van der Waals surface area contributed by atoms with Crippen LogP contribution in [0.5, 0.6) is 0 Å². The van der Waals surface area contributed by atoms with E-state index in [4.69, 9.17) is 4.74 Å². The fourth-order valence-corrected chi connectivity index (χ4v) is 5.22. The molecule has 2 heterocycles. The number of ether oxygens (including phenoxy) is 1. The van der Waals surface area contributed by atoms with Gasteiger partial charge in [-0.15, -0.1) is 0 Å². The molecule has 7 nitrogen and oxygen atoms in total. The molecule has 4 aliphatic rings. The standard InChI is InChI=1S/C22H33N3O4/c1-2-29-21(28)25-11-7-17(8-12-25)23-19(26)18-15-22(18)9-13-24(14-10-22)20(27)16-5-3-4-6-16/h5,17-18H,2-4,6-15H2,1H3,(H,23,26)/t18-/m1/s1. The van der Waals surface area contributed by atoms with Gasteiger partial charge in [-0.1, -0.05) is 6.08 Å². The van der Waals surface area contributed by atoms with E-state index in [0.717, 1.165) is 70.0 Å². The Balaban J connectivity index is 1.20. The number of likely N-dealkylation sites (tertiary alicyclic amines) is 2. The highest BCUT2D eigenvalue weighted by Crippen LogP contribution is 2.59. The SMILES string of the molecule is CCOC(=O)N1CCC(NC(=O)[C@H]2CC23CCN(C(=O)C2=CCCC2)CC3)CC1. The maximum absolute atomic E-state index is 12.8. The molecule has 160 valence electrons. The highest BCUT2D eigenvalue weighted by molar-refractivity contribution is 5.94. The van der Waals surface area contributed by atoms with Crippen molar-refractivity contribution in [1.29, 1.82) is 0 Å². The lowest BCUT2D eigenvalue weighted by molar-refractivity contribution is -0.129. The van der Waals surface area contributed by atoms with E-state index in [1.807, 2.05) is 11.8 Å². The minimum atomic E-state index is -0.256. The first-order chi connectivity index (χ1) is 14.0. The van der Waals surface area contributed by atoms with Crippen molar-refractivity contribution in [3.8, 4) is 0 Å². The molecule has 0 aromatic heterocycles. The van der Waals surface area contributed by atoms with E-state index in [9.17, 15) is 14.4 Å². The monoisotopic (exact) mass is 403 g/mol. The van der Waals surface area contributed by atoms with Crippen LogP contribution in [0, 0.1) is 11.3 Å². The Morgan fingerprint density at radius 3 is 2.48 bits per heavy atom. The molecule has 4 rings (SSSR count). The molecule has 3 fully saturated rings. The van der Waals surface area contributed by atoms with Crippen molar-refractivity contribution in [1.82, 2.24) is 15.1 Å². The Kier molecular flexibility index (Phi) is 5.83. The number of nitrogens with zero attached hydrogens (tertiary/aromatic N) is 2. The van der Waals surface area contributed by atoms with Gasteiger partial charge in [-0.05, 0) is 63.7 Å². The summed E-state index contributed by atoms with van der Waals surface area (Å²) in [5, 5.41) is 3.22. The van der Waals surface area contributed by atoms with E-state index in [1.165, 1.54) is 0 Å². The van der Waals surface area contributed by atoms with Gasteiger partial charge in [-0.3, -0.25) is 9.59 Å². The number of nitrogens with one attached hydrogen (secondary N) is 1. The number of carbonyl (C=O) groups excluding carboxylic acids is 3. The van der Waals surface area contributed by atoms with Gasteiger partial charge in [-0.2, -0.15) is 0 Å². The minimum absolute atomic E-state index is 0.0912. The van der Waals surface area contributed by atoms with Gasteiger partial charge in [0.15, 0.2) is 0 Å². The Morgan fingerprint density at radius 2 is 1.86 bits per heavy atom. The Morgan fingerprint density at radius 1 is 1.14 bits per heavy atom. The molecule has 3 amide bonds. The summed E-state index contributed by atoms with van der Waals surface area (Å²) >= 11 is 0. The molecular weight excluding hydrogens is 370 g/mol. The van der Waals surface area contributed by atoms with Crippen molar-refractivity contribution in [3.05, 3.63) is 11.6 Å². The van der Waals surface area contributed by atoms with Crippen molar-refractivity contribution < 1.29 is 19.1 Å². The van der Waals surface area contributed by atoms with Crippen LogP contribution < -0.4 is 5.32 Å². The molecule has 0 aromatic rings. The fourth-order valence-electron chi connectivity index (χ4n) is 5.22. The predicted molar refractivity (Wildman–Crippen MR) is 108 cm³/mol. The lowest BCUT2D eigenvalue weighted by atomic mass is 9.90. The summed E-state index contributed by atoms with van der Waals surface area (Å²) in [6.07, 6.45) is 9.26. The smallest absolute Gasteiger partial charge is 0.409 e. The van der Waals surface area contributed by atoms with E-state index < -0.39 is 0 Å². The average Bonchev–Trinajstić information content (AvgIpc) is 3.16. The molecule has 1 spiro atoms. The molecule has 0 bridgehead atoms.